The lowest BCUT2D eigenvalue weighted by atomic mass is 10.2. The molecule has 0 aliphatic carbocycles. The highest BCUT2D eigenvalue weighted by Crippen LogP contribution is 2.09. The summed E-state index contributed by atoms with van der Waals surface area (Å²) in [6.07, 6.45) is 4.14. The summed E-state index contributed by atoms with van der Waals surface area (Å²) in [6.45, 7) is 4.84. The number of aromatic nitrogens is 2. The maximum Gasteiger partial charge on any atom is 0.259 e. The molecule has 0 saturated carbocycles. The fourth-order valence-electron chi connectivity index (χ4n) is 1.84. The Morgan fingerprint density at radius 3 is 2.86 bits per heavy atom. The van der Waals surface area contributed by atoms with Gasteiger partial charge in [-0.3, -0.25) is 0 Å². The van der Waals surface area contributed by atoms with E-state index in [2.05, 4.69) is 14.9 Å². The number of amidine groups is 1. The second-order valence-corrected chi connectivity index (χ2v) is 6.48. The lowest BCUT2D eigenvalue weighted by Crippen LogP contribution is -2.25. The lowest BCUT2D eigenvalue weighted by Gasteiger charge is -2.04. The minimum atomic E-state index is -3.58. The molecule has 1 heterocycles. The molecule has 21 heavy (non-hydrogen) atoms. The molecule has 0 unspecified atom stereocenters. The summed E-state index contributed by atoms with van der Waals surface area (Å²) in [4.78, 5) is 4.08. The first kappa shape index (κ1) is 17.4. The molecule has 4 N–H and O–H groups in total. The third kappa shape index (κ3) is 5.35. The second-order valence-electron chi connectivity index (χ2n) is 4.77. The van der Waals surface area contributed by atoms with Crippen LogP contribution in [0.1, 0.15) is 38.4 Å². The summed E-state index contributed by atoms with van der Waals surface area (Å²) in [5, 5.41) is 11.3. The summed E-state index contributed by atoms with van der Waals surface area (Å²) < 4.78 is 28.5. The van der Waals surface area contributed by atoms with Crippen molar-refractivity contribution in [1.82, 2.24) is 14.3 Å². The van der Waals surface area contributed by atoms with Gasteiger partial charge in [-0.2, -0.15) is 0 Å². The summed E-state index contributed by atoms with van der Waals surface area (Å²) in [7, 11) is -3.58. The zero-order chi connectivity index (χ0) is 15.9. The lowest BCUT2D eigenvalue weighted by molar-refractivity contribution is 0.316. The molecule has 1 aromatic rings. The molecule has 0 aliphatic heterocycles. The molecule has 1 aromatic heterocycles. The van der Waals surface area contributed by atoms with E-state index in [1.807, 2.05) is 11.5 Å². The molecule has 0 amide bonds. The van der Waals surface area contributed by atoms with E-state index in [4.69, 9.17) is 10.9 Å². The average molecular weight is 317 g/mol. The van der Waals surface area contributed by atoms with Crippen molar-refractivity contribution in [1.29, 1.82) is 0 Å². The quantitative estimate of drug-likeness (QED) is 0.204. The van der Waals surface area contributed by atoms with Gasteiger partial charge in [-0.1, -0.05) is 12.1 Å². The van der Waals surface area contributed by atoms with Crippen LogP contribution in [0, 0.1) is 6.92 Å². The molecule has 0 spiro atoms. The molecule has 0 bridgehead atoms. The van der Waals surface area contributed by atoms with Gasteiger partial charge >= 0.3 is 0 Å². The summed E-state index contributed by atoms with van der Waals surface area (Å²) in [5.74, 6) is 0.830. The summed E-state index contributed by atoms with van der Waals surface area (Å²) in [6, 6.07) is 0. The van der Waals surface area contributed by atoms with Gasteiger partial charge in [0.15, 0.2) is 5.03 Å². The highest BCUT2D eigenvalue weighted by Gasteiger charge is 2.18. The maximum absolute atomic E-state index is 12.1. The number of nitrogens with zero attached hydrogens (tertiary/aromatic N) is 3. The number of unbranched alkanes of at least 4 members (excludes halogenated alkanes) is 1. The van der Waals surface area contributed by atoms with Crippen LogP contribution in [0.4, 0.5) is 0 Å². The molecule has 8 nitrogen and oxygen atoms in total. The molecule has 0 aromatic carbocycles. The van der Waals surface area contributed by atoms with Crippen molar-refractivity contribution in [3.8, 4) is 0 Å². The molecule has 1 rings (SSSR count). The number of oxime groups is 1. The molecule has 9 heteroatoms. The van der Waals surface area contributed by atoms with Gasteiger partial charge in [0.1, 0.15) is 11.7 Å². The molecule has 120 valence electrons. The first-order valence-corrected chi connectivity index (χ1v) is 8.39. The van der Waals surface area contributed by atoms with Crippen molar-refractivity contribution in [2.24, 2.45) is 10.9 Å². The Bertz CT molecular complexity index is 580. The molecule has 0 aliphatic rings. The van der Waals surface area contributed by atoms with E-state index in [0.29, 0.717) is 31.6 Å². The number of hydrogen-bond donors (Lipinski definition) is 3. The Balaban J connectivity index is 2.52. The van der Waals surface area contributed by atoms with Crippen molar-refractivity contribution < 1.29 is 13.6 Å². The number of rotatable bonds is 9. The van der Waals surface area contributed by atoms with Crippen LogP contribution in [0.3, 0.4) is 0 Å². The van der Waals surface area contributed by atoms with Gasteiger partial charge in [0.05, 0.1) is 0 Å². The number of imidazole rings is 1. The highest BCUT2D eigenvalue weighted by molar-refractivity contribution is 7.89. The van der Waals surface area contributed by atoms with Crippen LogP contribution in [0.25, 0.3) is 0 Å². The maximum atomic E-state index is 12.1. The number of nitrogens with two attached hydrogens (primary N) is 1. The summed E-state index contributed by atoms with van der Waals surface area (Å²) in [5.41, 5.74) is 5.33. The van der Waals surface area contributed by atoms with Crippen LogP contribution in [0.2, 0.25) is 0 Å². The van der Waals surface area contributed by atoms with Gasteiger partial charge in [0, 0.05) is 25.7 Å². The van der Waals surface area contributed by atoms with Crippen molar-refractivity contribution in [3.63, 3.8) is 0 Å². The van der Waals surface area contributed by atoms with Crippen molar-refractivity contribution >= 4 is 15.9 Å². The number of nitrogens with one attached hydrogen (secondary N) is 1. The van der Waals surface area contributed by atoms with Gasteiger partial charge in [-0.15, -0.1) is 0 Å². The van der Waals surface area contributed by atoms with Crippen molar-refractivity contribution in [3.05, 3.63) is 12.0 Å². The number of hydrogen-bond acceptors (Lipinski definition) is 5. The van der Waals surface area contributed by atoms with Gasteiger partial charge < -0.3 is 15.5 Å². The Hall–Kier alpha value is -1.61. The highest BCUT2D eigenvalue weighted by atomic mass is 32.2. The number of sulfonamides is 1. The third-order valence-corrected chi connectivity index (χ3v) is 4.31. The largest absolute Gasteiger partial charge is 0.409 e. The average Bonchev–Trinajstić information content (AvgIpc) is 2.81. The van der Waals surface area contributed by atoms with Crippen LogP contribution >= 0.6 is 0 Å². The van der Waals surface area contributed by atoms with E-state index in [9.17, 15) is 8.42 Å². The van der Waals surface area contributed by atoms with Crippen LogP contribution in [0.5, 0.6) is 0 Å². The fourth-order valence-corrected chi connectivity index (χ4v) is 2.92. The molecular formula is C12H23N5O3S. The van der Waals surface area contributed by atoms with Gasteiger partial charge in [0.2, 0.25) is 0 Å². The van der Waals surface area contributed by atoms with E-state index in [1.165, 1.54) is 0 Å². The molecule has 0 radical (unpaired) electrons. The van der Waals surface area contributed by atoms with E-state index >= 15 is 0 Å². The van der Waals surface area contributed by atoms with Gasteiger partial charge in [0.25, 0.3) is 10.0 Å². The van der Waals surface area contributed by atoms with Crippen LogP contribution in [0.15, 0.2) is 16.4 Å². The van der Waals surface area contributed by atoms with Crippen LogP contribution in [-0.4, -0.2) is 35.6 Å². The third-order valence-electron chi connectivity index (χ3n) is 2.97. The van der Waals surface area contributed by atoms with Crippen LogP contribution in [-0.2, 0) is 16.6 Å². The normalized spacial score (nSPS) is 12.8. The van der Waals surface area contributed by atoms with E-state index in [0.717, 1.165) is 13.0 Å². The van der Waals surface area contributed by atoms with Gasteiger partial charge in [-0.25, -0.2) is 18.1 Å². The second kappa shape index (κ2) is 7.99. The summed E-state index contributed by atoms with van der Waals surface area (Å²) >= 11 is 0. The predicted molar refractivity (Wildman–Crippen MR) is 79.7 cm³/mol. The van der Waals surface area contributed by atoms with E-state index in [-0.39, 0.29) is 10.9 Å². The predicted octanol–water partition coefficient (Wildman–Crippen LogP) is 0.797. The monoisotopic (exact) mass is 317 g/mol. The first-order chi connectivity index (χ1) is 9.90. The molecule has 0 fully saturated rings. The van der Waals surface area contributed by atoms with Crippen molar-refractivity contribution in [2.45, 2.75) is 51.1 Å². The molecule has 0 atom stereocenters. The van der Waals surface area contributed by atoms with E-state index in [1.54, 1.807) is 13.1 Å². The standard InChI is InChI=1S/C12H23N5O3S/c1-3-8-17-9-12(15-10(17)2)21(19,20)14-7-5-4-6-11(13)16-18/h9,14,18H,3-8H2,1-2H3,(H2,13,16). The zero-order valence-corrected chi connectivity index (χ0v) is 13.2. The Morgan fingerprint density at radius 1 is 1.52 bits per heavy atom. The van der Waals surface area contributed by atoms with E-state index < -0.39 is 10.0 Å². The van der Waals surface area contributed by atoms with Gasteiger partial charge in [-0.05, 0) is 26.2 Å². The Kier molecular flexibility index (Phi) is 6.63. The minimum absolute atomic E-state index is 0.0462. The topological polar surface area (TPSA) is 123 Å². The fraction of sp³-hybridized carbons (Fsp3) is 0.667. The minimum Gasteiger partial charge on any atom is -0.409 e. The van der Waals surface area contributed by atoms with Crippen molar-refractivity contribution in [2.75, 3.05) is 6.54 Å². The Morgan fingerprint density at radius 2 is 2.24 bits per heavy atom. The number of aryl methyl sites for hydroxylation is 2. The molecular weight excluding hydrogens is 294 g/mol. The van der Waals surface area contributed by atoms with Crippen LogP contribution < -0.4 is 10.5 Å². The first-order valence-electron chi connectivity index (χ1n) is 6.90. The smallest absolute Gasteiger partial charge is 0.259 e. The Labute approximate surface area is 125 Å². The molecule has 0 saturated heterocycles. The zero-order valence-electron chi connectivity index (χ0n) is 12.4. The SMILES string of the molecule is CCCn1cc(S(=O)(=O)NCCCCC(N)=NO)nc1C.